The average molecular weight is 438 g/mol. The molecule has 9 nitrogen and oxygen atoms in total. The number of carbonyl (C=O) groups is 1. The molecule has 0 aliphatic carbocycles. The second-order valence-corrected chi connectivity index (χ2v) is 7.88. The minimum absolute atomic E-state index is 0.233. The normalized spacial score (nSPS) is 11.8. The van der Waals surface area contributed by atoms with Gasteiger partial charge in [-0.25, -0.2) is 4.79 Å². The van der Waals surface area contributed by atoms with Crippen molar-refractivity contribution in [3.8, 4) is 0 Å². The zero-order valence-electron chi connectivity index (χ0n) is 19.8. The van der Waals surface area contributed by atoms with E-state index in [9.17, 15) is 4.79 Å². The molecule has 0 atom stereocenters. The van der Waals surface area contributed by atoms with E-state index in [2.05, 4.69) is 0 Å². The van der Waals surface area contributed by atoms with Gasteiger partial charge in [-0.1, -0.05) is 0 Å². The molecule has 0 saturated carbocycles. The second-order valence-electron chi connectivity index (χ2n) is 7.88. The summed E-state index contributed by atoms with van der Waals surface area (Å²) in [4.78, 5) is 13.3. The molecule has 0 fully saturated rings. The Bertz CT molecular complexity index is 401. The first-order valence-electron chi connectivity index (χ1n) is 10.7. The summed E-state index contributed by atoms with van der Waals surface area (Å²) in [6.45, 7) is 15.7. The molecule has 0 bridgehead atoms. The maximum Gasteiger partial charge on any atom is 0.410 e. The molecule has 0 rings (SSSR count). The standard InChI is InChI=1S/C21H43NO8/c1-19(2)29-18-17-28-16-15-27-14-13-26-12-11-25-10-9-24-8-7-22(6)20(23)30-21(3,4)5/h19H,7-18H2,1-6H3. The highest BCUT2D eigenvalue weighted by Crippen LogP contribution is 2.08. The van der Waals surface area contributed by atoms with Crippen LogP contribution in [0.5, 0.6) is 0 Å². The summed E-state index contributed by atoms with van der Waals surface area (Å²) in [5, 5.41) is 0. The van der Waals surface area contributed by atoms with Crippen molar-refractivity contribution in [2.24, 2.45) is 0 Å². The van der Waals surface area contributed by atoms with Gasteiger partial charge in [-0.15, -0.1) is 0 Å². The Morgan fingerprint density at radius 1 is 0.700 bits per heavy atom. The maximum atomic E-state index is 11.8. The average Bonchev–Trinajstić information content (AvgIpc) is 2.65. The number of amides is 1. The third-order valence-corrected chi connectivity index (χ3v) is 3.44. The van der Waals surface area contributed by atoms with Crippen molar-refractivity contribution in [3.05, 3.63) is 0 Å². The summed E-state index contributed by atoms with van der Waals surface area (Å²) in [5.74, 6) is 0. The Labute approximate surface area is 182 Å². The van der Waals surface area contributed by atoms with Gasteiger partial charge in [0.1, 0.15) is 5.60 Å². The molecule has 1 amide bonds. The summed E-state index contributed by atoms with van der Waals surface area (Å²) < 4.78 is 37.7. The van der Waals surface area contributed by atoms with Crippen molar-refractivity contribution < 1.29 is 38.0 Å². The van der Waals surface area contributed by atoms with Gasteiger partial charge >= 0.3 is 6.09 Å². The van der Waals surface area contributed by atoms with Gasteiger partial charge in [0, 0.05) is 13.6 Å². The van der Waals surface area contributed by atoms with E-state index in [4.69, 9.17) is 33.2 Å². The van der Waals surface area contributed by atoms with Crippen LogP contribution in [0.25, 0.3) is 0 Å². The number of carbonyl (C=O) groups excluding carboxylic acids is 1. The number of ether oxygens (including phenoxy) is 7. The van der Waals surface area contributed by atoms with Gasteiger partial charge in [0.2, 0.25) is 0 Å². The first kappa shape index (κ1) is 29.0. The van der Waals surface area contributed by atoms with Gasteiger partial charge in [0.25, 0.3) is 0 Å². The fourth-order valence-corrected chi connectivity index (χ4v) is 1.96. The molecule has 0 aliphatic rings. The SMILES string of the molecule is CC(C)OCCOCCOCCOCCOCCOCCN(C)C(=O)OC(C)(C)C. The van der Waals surface area contributed by atoms with Crippen molar-refractivity contribution in [2.45, 2.75) is 46.3 Å². The van der Waals surface area contributed by atoms with Crippen molar-refractivity contribution >= 4 is 6.09 Å². The zero-order valence-corrected chi connectivity index (χ0v) is 19.8. The predicted octanol–water partition coefficient (Wildman–Crippen LogP) is 2.36. The van der Waals surface area contributed by atoms with Crippen LogP contribution in [0, 0.1) is 0 Å². The number of likely N-dealkylation sites (N-methyl/N-ethyl adjacent to an activating group) is 1. The van der Waals surface area contributed by atoms with Gasteiger partial charge in [-0.2, -0.15) is 0 Å². The van der Waals surface area contributed by atoms with Crippen LogP contribution in [-0.2, 0) is 33.2 Å². The first-order valence-corrected chi connectivity index (χ1v) is 10.7. The summed E-state index contributed by atoms with van der Waals surface area (Å²) in [5.41, 5.74) is -0.495. The summed E-state index contributed by atoms with van der Waals surface area (Å²) >= 11 is 0. The summed E-state index contributed by atoms with van der Waals surface area (Å²) in [7, 11) is 1.69. The molecule has 0 saturated heterocycles. The van der Waals surface area contributed by atoms with Crippen LogP contribution in [0.1, 0.15) is 34.6 Å². The Morgan fingerprint density at radius 2 is 1.07 bits per heavy atom. The second kappa shape index (κ2) is 18.8. The quantitative estimate of drug-likeness (QED) is 0.285. The van der Waals surface area contributed by atoms with E-state index >= 15 is 0 Å². The van der Waals surface area contributed by atoms with Crippen LogP contribution in [0.15, 0.2) is 0 Å². The molecule has 0 spiro atoms. The Morgan fingerprint density at radius 3 is 1.43 bits per heavy atom. The smallest absolute Gasteiger partial charge is 0.410 e. The molecule has 0 N–H and O–H groups in total. The third-order valence-electron chi connectivity index (χ3n) is 3.44. The van der Waals surface area contributed by atoms with Crippen molar-refractivity contribution in [1.82, 2.24) is 4.90 Å². The Hall–Kier alpha value is -0.970. The molecule has 0 aromatic heterocycles. The van der Waals surface area contributed by atoms with E-state index in [0.29, 0.717) is 79.2 Å². The molecular weight excluding hydrogens is 394 g/mol. The topological polar surface area (TPSA) is 84.9 Å². The fraction of sp³-hybridized carbons (Fsp3) is 0.952. The van der Waals surface area contributed by atoms with Crippen molar-refractivity contribution in [2.75, 3.05) is 86.3 Å². The molecular formula is C21H43NO8. The van der Waals surface area contributed by atoms with Crippen molar-refractivity contribution in [1.29, 1.82) is 0 Å². The van der Waals surface area contributed by atoms with E-state index in [-0.39, 0.29) is 12.2 Å². The number of hydrogen-bond donors (Lipinski definition) is 0. The van der Waals surface area contributed by atoms with Gasteiger partial charge in [0.05, 0.1) is 78.8 Å². The third kappa shape index (κ3) is 21.7. The highest BCUT2D eigenvalue weighted by atomic mass is 16.6. The monoisotopic (exact) mass is 437 g/mol. The lowest BCUT2D eigenvalue weighted by Gasteiger charge is -2.24. The van der Waals surface area contributed by atoms with Gasteiger partial charge in [-0.05, 0) is 34.6 Å². The van der Waals surface area contributed by atoms with E-state index in [0.717, 1.165) is 0 Å². The highest BCUT2D eigenvalue weighted by Gasteiger charge is 2.19. The van der Waals surface area contributed by atoms with Crippen LogP contribution in [0.3, 0.4) is 0 Å². The van der Waals surface area contributed by atoms with Crippen LogP contribution in [-0.4, -0.2) is 109 Å². The van der Waals surface area contributed by atoms with Crippen molar-refractivity contribution in [3.63, 3.8) is 0 Å². The molecule has 0 aromatic carbocycles. The molecule has 9 heteroatoms. The van der Waals surface area contributed by atoms with Crippen LogP contribution in [0.2, 0.25) is 0 Å². The largest absolute Gasteiger partial charge is 0.444 e. The first-order chi connectivity index (χ1) is 14.2. The van der Waals surface area contributed by atoms with E-state index in [1.165, 1.54) is 4.90 Å². The summed E-state index contributed by atoms with van der Waals surface area (Å²) in [6, 6.07) is 0. The lowest BCUT2D eigenvalue weighted by atomic mass is 10.2. The molecule has 0 aliphatic heterocycles. The number of nitrogens with zero attached hydrogens (tertiary/aromatic N) is 1. The Kier molecular flexibility index (Phi) is 18.2. The highest BCUT2D eigenvalue weighted by molar-refractivity contribution is 5.67. The van der Waals surface area contributed by atoms with Gasteiger partial charge in [0.15, 0.2) is 0 Å². The maximum absolute atomic E-state index is 11.8. The van der Waals surface area contributed by atoms with Crippen LogP contribution < -0.4 is 0 Å². The van der Waals surface area contributed by atoms with Gasteiger partial charge < -0.3 is 38.1 Å². The van der Waals surface area contributed by atoms with E-state index in [1.54, 1.807) is 7.05 Å². The summed E-state index contributed by atoms with van der Waals surface area (Å²) in [6.07, 6.45) is -0.122. The van der Waals surface area contributed by atoms with Gasteiger partial charge in [-0.3, -0.25) is 0 Å². The number of rotatable bonds is 19. The Balaban J connectivity index is 3.24. The lowest BCUT2D eigenvalue weighted by molar-refractivity contribution is -0.0219. The van der Waals surface area contributed by atoms with Crippen LogP contribution in [0.4, 0.5) is 4.79 Å². The molecule has 0 radical (unpaired) electrons. The van der Waals surface area contributed by atoms with Crippen LogP contribution >= 0.6 is 0 Å². The molecule has 180 valence electrons. The minimum atomic E-state index is -0.495. The van der Waals surface area contributed by atoms with E-state index in [1.807, 2.05) is 34.6 Å². The number of hydrogen-bond acceptors (Lipinski definition) is 8. The van der Waals surface area contributed by atoms with E-state index < -0.39 is 5.60 Å². The molecule has 0 heterocycles. The molecule has 0 unspecified atom stereocenters. The fourth-order valence-electron chi connectivity index (χ4n) is 1.96. The predicted molar refractivity (Wildman–Crippen MR) is 114 cm³/mol. The lowest BCUT2D eigenvalue weighted by Crippen LogP contribution is -2.36. The molecule has 0 aromatic rings. The molecule has 30 heavy (non-hydrogen) atoms. The zero-order chi connectivity index (χ0) is 22.7. The minimum Gasteiger partial charge on any atom is -0.444 e.